The van der Waals surface area contributed by atoms with E-state index in [-0.39, 0.29) is 24.4 Å². The molecule has 1 aromatic rings. The van der Waals surface area contributed by atoms with Crippen LogP contribution in [0.3, 0.4) is 0 Å². The number of ether oxygens (including phenoxy) is 1. The zero-order chi connectivity index (χ0) is 16.7. The highest BCUT2D eigenvalue weighted by molar-refractivity contribution is 5.88. The minimum atomic E-state index is -1.03. The summed E-state index contributed by atoms with van der Waals surface area (Å²) >= 11 is 0. The summed E-state index contributed by atoms with van der Waals surface area (Å²) in [5, 5.41) is 16.7. The maximum absolute atomic E-state index is 11.5. The van der Waals surface area contributed by atoms with Crippen molar-refractivity contribution in [1.29, 1.82) is 0 Å². The molecule has 0 aliphatic carbocycles. The number of rotatable bonds is 7. The van der Waals surface area contributed by atoms with Crippen molar-refractivity contribution in [3.8, 4) is 0 Å². The topological polar surface area (TPSA) is 105 Å². The van der Waals surface area contributed by atoms with E-state index in [0.717, 1.165) is 0 Å². The van der Waals surface area contributed by atoms with E-state index in [4.69, 9.17) is 9.84 Å². The first-order valence-electron chi connectivity index (χ1n) is 6.76. The lowest BCUT2D eigenvalue weighted by molar-refractivity contribution is -0.144. The molecule has 0 bridgehead atoms. The number of Topliss-reactive ketones (excluding diaryl/α,β-unsaturated/α-hetero) is 1. The van der Waals surface area contributed by atoms with Crippen LogP contribution in [0.2, 0.25) is 0 Å². The van der Waals surface area contributed by atoms with Crippen LogP contribution in [-0.4, -0.2) is 35.5 Å². The SMILES string of the molecule is CCOC(=O)CC(N=Nc1ccc(C(=O)O)cc1C)C(C)=O. The van der Waals surface area contributed by atoms with E-state index >= 15 is 0 Å². The first-order valence-corrected chi connectivity index (χ1v) is 6.76. The van der Waals surface area contributed by atoms with E-state index in [0.29, 0.717) is 11.3 Å². The van der Waals surface area contributed by atoms with Crippen LogP contribution in [0.4, 0.5) is 5.69 Å². The van der Waals surface area contributed by atoms with Gasteiger partial charge in [0.25, 0.3) is 0 Å². The lowest BCUT2D eigenvalue weighted by atomic mass is 10.1. The van der Waals surface area contributed by atoms with E-state index in [1.807, 2.05) is 0 Å². The maximum Gasteiger partial charge on any atom is 0.335 e. The van der Waals surface area contributed by atoms with Gasteiger partial charge in [-0.25, -0.2) is 4.79 Å². The molecule has 0 saturated heterocycles. The monoisotopic (exact) mass is 306 g/mol. The molecular weight excluding hydrogens is 288 g/mol. The van der Waals surface area contributed by atoms with Crippen molar-refractivity contribution < 1.29 is 24.2 Å². The summed E-state index contributed by atoms with van der Waals surface area (Å²) in [5.41, 5.74) is 1.20. The molecule has 0 fully saturated rings. The number of nitrogens with zero attached hydrogens (tertiary/aromatic N) is 2. The number of carbonyl (C=O) groups excluding carboxylic acids is 2. The van der Waals surface area contributed by atoms with E-state index < -0.39 is 18.0 Å². The summed E-state index contributed by atoms with van der Waals surface area (Å²) < 4.78 is 4.78. The van der Waals surface area contributed by atoms with Crippen LogP contribution in [-0.2, 0) is 14.3 Å². The zero-order valence-electron chi connectivity index (χ0n) is 12.7. The molecule has 0 aliphatic heterocycles. The highest BCUT2D eigenvalue weighted by Crippen LogP contribution is 2.21. The van der Waals surface area contributed by atoms with Gasteiger partial charge in [0.2, 0.25) is 0 Å². The number of carboxylic acids is 1. The Morgan fingerprint density at radius 2 is 2.00 bits per heavy atom. The minimum Gasteiger partial charge on any atom is -0.478 e. The van der Waals surface area contributed by atoms with Gasteiger partial charge in [-0.1, -0.05) is 0 Å². The number of ketones is 1. The largest absolute Gasteiger partial charge is 0.478 e. The molecule has 0 saturated carbocycles. The number of hydrogen-bond donors (Lipinski definition) is 1. The Balaban J connectivity index is 2.89. The Labute approximate surface area is 128 Å². The van der Waals surface area contributed by atoms with Crippen molar-refractivity contribution in [3.63, 3.8) is 0 Å². The summed E-state index contributed by atoms with van der Waals surface area (Å²) in [6.45, 7) is 4.92. The second kappa shape index (κ2) is 8.02. The summed E-state index contributed by atoms with van der Waals surface area (Å²) in [6, 6.07) is 3.46. The van der Waals surface area contributed by atoms with Gasteiger partial charge in [0.15, 0.2) is 5.78 Å². The molecule has 1 N–H and O–H groups in total. The van der Waals surface area contributed by atoms with Gasteiger partial charge in [0.1, 0.15) is 6.04 Å². The molecule has 118 valence electrons. The van der Waals surface area contributed by atoms with Crippen molar-refractivity contribution in [3.05, 3.63) is 29.3 Å². The third kappa shape index (κ3) is 5.08. The average Bonchev–Trinajstić information content (AvgIpc) is 2.44. The second-order valence-corrected chi connectivity index (χ2v) is 4.66. The van der Waals surface area contributed by atoms with Gasteiger partial charge in [-0.2, -0.15) is 10.2 Å². The van der Waals surface area contributed by atoms with Crippen LogP contribution in [0.5, 0.6) is 0 Å². The van der Waals surface area contributed by atoms with Crippen LogP contribution in [0, 0.1) is 6.92 Å². The number of hydrogen-bond acceptors (Lipinski definition) is 6. The van der Waals surface area contributed by atoms with Crippen LogP contribution < -0.4 is 0 Å². The third-order valence-corrected chi connectivity index (χ3v) is 2.88. The molecule has 1 atom stereocenters. The van der Waals surface area contributed by atoms with Gasteiger partial charge in [-0.05, 0) is 44.5 Å². The second-order valence-electron chi connectivity index (χ2n) is 4.66. The Morgan fingerprint density at radius 3 is 2.50 bits per heavy atom. The normalized spacial score (nSPS) is 12.1. The van der Waals surface area contributed by atoms with Gasteiger partial charge < -0.3 is 9.84 Å². The highest BCUT2D eigenvalue weighted by Gasteiger charge is 2.19. The van der Waals surface area contributed by atoms with Gasteiger partial charge in [0, 0.05) is 0 Å². The number of esters is 1. The average molecular weight is 306 g/mol. The minimum absolute atomic E-state index is 0.145. The summed E-state index contributed by atoms with van der Waals surface area (Å²) in [6.07, 6.45) is -0.168. The molecule has 22 heavy (non-hydrogen) atoms. The molecule has 7 heteroatoms. The molecule has 0 amide bonds. The zero-order valence-corrected chi connectivity index (χ0v) is 12.7. The first-order chi connectivity index (χ1) is 10.3. The maximum atomic E-state index is 11.5. The number of benzene rings is 1. The van der Waals surface area contributed by atoms with Crippen molar-refractivity contribution in [2.45, 2.75) is 33.2 Å². The van der Waals surface area contributed by atoms with E-state index in [1.165, 1.54) is 25.1 Å². The van der Waals surface area contributed by atoms with E-state index in [2.05, 4.69) is 10.2 Å². The van der Waals surface area contributed by atoms with Crippen LogP contribution in [0.25, 0.3) is 0 Å². The number of carbonyl (C=O) groups is 3. The van der Waals surface area contributed by atoms with Crippen molar-refractivity contribution in [2.75, 3.05) is 6.61 Å². The summed E-state index contributed by atoms with van der Waals surface area (Å²) in [5.74, 6) is -1.84. The molecule has 1 unspecified atom stereocenters. The third-order valence-electron chi connectivity index (χ3n) is 2.88. The highest BCUT2D eigenvalue weighted by atomic mass is 16.5. The molecule has 0 radical (unpaired) electrons. The summed E-state index contributed by atoms with van der Waals surface area (Å²) in [7, 11) is 0. The molecule has 7 nitrogen and oxygen atoms in total. The fourth-order valence-electron chi connectivity index (χ4n) is 1.68. The molecule has 1 rings (SSSR count). The fourth-order valence-corrected chi connectivity index (χ4v) is 1.68. The Kier molecular flexibility index (Phi) is 6.37. The van der Waals surface area contributed by atoms with Crippen LogP contribution in [0.15, 0.2) is 28.4 Å². The number of aromatic carboxylic acids is 1. The number of aryl methyl sites for hydroxylation is 1. The quantitative estimate of drug-likeness (QED) is 0.616. The van der Waals surface area contributed by atoms with Crippen LogP contribution >= 0.6 is 0 Å². The standard InChI is InChI=1S/C15H18N2O5/c1-4-22-14(19)8-13(10(3)18)17-16-12-6-5-11(15(20)21)7-9(12)2/h5-7,13H,4,8H2,1-3H3,(H,20,21). The molecule has 0 aromatic heterocycles. The Bertz CT molecular complexity index is 610. The molecule has 0 aliphatic rings. The smallest absolute Gasteiger partial charge is 0.335 e. The lowest BCUT2D eigenvalue weighted by Crippen LogP contribution is -2.20. The van der Waals surface area contributed by atoms with Gasteiger partial charge in [-0.15, -0.1) is 0 Å². The van der Waals surface area contributed by atoms with E-state index in [1.54, 1.807) is 13.8 Å². The van der Waals surface area contributed by atoms with Crippen LogP contribution in [0.1, 0.15) is 36.2 Å². The molecular formula is C15H18N2O5. The number of carboxylic acid groups (broad SMARTS) is 1. The predicted molar refractivity (Wildman–Crippen MR) is 78.4 cm³/mol. The Morgan fingerprint density at radius 1 is 1.32 bits per heavy atom. The van der Waals surface area contributed by atoms with Gasteiger partial charge in [-0.3, -0.25) is 9.59 Å². The van der Waals surface area contributed by atoms with Gasteiger partial charge >= 0.3 is 11.9 Å². The first kappa shape index (κ1) is 17.5. The molecule has 1 aromatic carbocycles. The van der Waals surface area contributed by atoms with E-state index in [9.17, 15) is 14.4 Å². The van der Waals surface area contributed by atoms with Crippen molar-refractivity contribution >= 4 is 23.4 Å². The Hall–Kier alpha value is -2.57. The molecule has 0 spiro atoms. The van der Waals surface area contributed by atoms with Gasteiger partial charge in [0.05, 0.1) is 24.3 Å². The number of azo groups is 1. The lowest BCUT2D eigenvalue weighted by Gasteiger charge is -2.07. The molecule has 0 heterocycles. The fraction of sp³-hybridized carbons (Fsp3) is 0.400. The van der Waals surface area contributed by atoms with Crippen molar-refractivity contribution in [2.24, 2.45) is 10.2 Å². The van der Waals surface area contributed by atoms with Crippen molar-refractivity contribution in [1.82, 2.24) is 0 Å². The summed E-state index contributed by atoms with van der Waals surface area (Å²) in [4.78, 5) is 33.8. The predicted octanol–water partition coefficient (Wildman–Crippen LogP) is 2.69.